The fraction of sp³-hybridized carbons (Fsp3) is 0.368. The molecule has 6 heteroatoms. The van der Waals surface area contributed by atoms with Crippen LogP contribution in [0.1, 0.15) is 27.5 Å². The molecule has 0 fully saturated rings. The predicted molar refractivity (Wildman–Crippen MR) is 99.7 cm³/mol. The second-order valence-corrected chi connectivity index (χ2v) is 6.66. The van der Waals surface area contributed by atoms with Crippen LogP contribution in [0.4, 0.5) is 11.4 Å². The van der Waals surface area contributed by atoms with Gasteiger partial charge in [-0.1, -0.05) is 0 Å². The molecule has 0 radical (unpaired) electrons. The van der Waals surface area contributed by atoms with Crippen LogP contribution < -0.4 is 4.90 Å². The number of hydrogen-bond donors (Lipinski definition) is 0. The Morgan fingerprint density at radius 2 is 1.84 bits per heavy atom. The fourth-order valence-corrected chi connectivity index (χ4v) is 3.21. The Labute approximate surface area is 147 Å². The summed E-state index contributed by atoms with van der Waals surface area (Å²) in [7, 11) is 7.46. The van der Waals surface area contributed by atoms with Gasteiger partial charge in [-0.05, 0) is 32.9 Å². The summed E-state index contributed by atoms with van der Waals surface area (Å²) in [5, 5.41) is 0. The van der Waals surface area contributed by atoms with E-state index in [2.05, 4.69) is 4.90 Å². The molecule has 1 amide bonds. The third-order valence-electron chi connectivity index (χ3n) is 4.66. The first-order valence-electron chi connectivity index (χ1n) is 8.19. The van der Waals surface area contributed by atoms with Gasteiger partial charge >= 0.3 is 0 Å². The Bertz CT molecular complexity index is 946. The minimum Gasteiger partial charge on any atom is -0.467 e. The van der Waals surface area contributed by atoms with Gasteiger partial charge in [0.05, 0.1) is 23.2 Å². The van der Waals surface area contributed by atoms with Gasteiger partial charge in [0, 0.05) is 39.3 Å². The van der Waals surface area contributed by atoms with Gasteiger partial charge in [-0.3, -0.25) is 4.79 Å². The largest absolute Gasteiger partial charge is 0.467 e. The first kappa shape index (κ1) is 17.1. The van der Waals surface area contributed by atoms with Crippen LogP contribution in [-0.4, -0.2) is 41.5 Å². The molecule has 25 heavy (non-hydrogen) atoms. The maximum Gasteiger partial charge on any atom is 0.253 e. The molecule has 0 N–H and O–H groups in total. The minimum atomic E-state index is -0.0314. The van der Waals surface area contributed by atoms with E-state index in [1.54, 1.807) is 25.3 Å². The first-order valence-corrected chi connectivity index (χ1v) is 8.19. The van der Waals surface area contributed by atoms with E-state index < -0.39 is 0 Å². The Balaban J connectivity index is 2.29. The van der Waals surface area contributed by atoms with Crippen LogP contribution in [0.5, 0.6) is 0 Å². The van der Waals surface area contributed by atoms with Crippen molar-refractivity contribution >= 4 is 28.3 Å². The zero-order chi connectivity index (χ0) is 18.5. The molecule has 2 aromatic heterocycles. The average molecular weight is 340 g/mol. The average Bonchev–Trinajstić information content (AvgIpc) is 3.05. The number of furan rings is 1. The Morgan fingerprint density at radius 3 is 2.40 bits per heavy atom. The zero-order valence-corrected chi connectivity index (χ0v) is 15.8. The highest BCUT2D eigenvalue weighted by molar-refractivity contribution is 6.02. The summed E-state index contributed by atoms with van der Waals surface area (Å²) in [6, 6.07) is 3.81. The van der Waals surface area contributed by atoms with Crippen LogP contribution in [0.2, 0.25) is 0 Å². The van der Waals surface area contributed by atoms with E-state index in [1.165, 1.54) is 0 Å². The number of imidazole rings is 1. The molecule has 3 rings (SSSR count). The Kier molecular flexibility index (Phi) is 4.06. The van der Waals surface area contributed by atoms with Gasteiger partial charge in [0.15, 0.2) is 0 Å². The number of nitrogens with zero attached hydrogens (tertiary/aromatic N) is 4. The Hall–Kier alpha value is -2.76. The van der Waals surface area contributed by atoms with Crippen LogP contribution in [0.25, 0.3) is 11.0 Å². The summed E-state index contributed by atoms with van der Waals surface area (Å²) in [4.78, 5) is 20.9. The van der Waals surface area contributed by atoms with Gasteiger partial charge in [-0.25, -0.2) is 4.98 Å². The molecule has 0 aliphatic heterocycles. The van der Waals surface area contributed by atoms with Crippen LogP contribution >= 0.6 is 0 Å². The molecule has 0 aliphatic carbocycles. The fourth-order valence-electron chi connectivity index (χ4n) is 3.21. The molecule has 0 aliphatic rings. The SMILES string of the molecule is Cc1coc(C)c1N(C)c1cc(C(=O)N(C)C)cc2c1nc(C)n2C. The number of rotatable bonds is 3. The topological polar surface area (TPSA) is 54.5 Å². The number of aryl methyl sites for hydroxylation is 4. The molecule has 6 nitrogen and oxygen atoms in total. The van der Waals surface area contributed by atoms with E-state index >= 15 is 0 Å². The molecule has 0 saturated carbocycles. The highest BCUT2D eigenvalue weighted by Gasteiger charge is 2.21. The van der Waals surface area contributed by atoms with E-state index in [9.17, 15) is 4.79 Å². The van der Waals surface area contributed by atoms with Crippen molar-refractivity contribution < 1.29 is 9.21 Å². The van der Waals surface area contributed by atoms with Gasteiger partial charge in [0.25, 0.3) is 5.91 Å². The van der Waals surface area contributed by atoms with Crippen molar-refractivity contribution in [2.75, 3.05) is 26.0 Å². The molecule has 0 unspecified atom stereocenters. The quantitative estimate of drug-likeness (QED) is 0.731. The number of anilines is 2. The van der Waals surface area contributed by atoms with Crippen LogP contribution in [0, 0.1) is 20.8 Å². The number of benzene rings is 1. The molecule has 1 aromatic carbocycles. The van der Waals surface area contributed by atoms with Crippen molar-refractivity contribution in [2.24, 2.45) is 7.05 Å². The second kappa shape index (κ2) is 5.95. The highest BCUT2D eigenvalue weighted by Crippen LogP contribution is 2.36. The van der Waals surface area contributed by atoms with Crippen LogP contribution in [-0.2, 0) is 7.05 Å². The molecule has 2 heterocycles. The predicted octanol–water partition coefficient (Wildman–Crippen LogP) is 3.56. The van der Waals surface area contributed by atoms with E-state index in [4.69, 9.17) is 9.40 Å². The van der Waals surface area contributed by atoms with Gasteiger partial charge < -0.3 is 18.8 Å². The molecule has 132 valence electrons. The smallest absolute Gasteiger partial charge is 0.253 e. The molecule has 0 saturated heterocycles. The van der Waals surface area contributed by atoms with Gasteiger partial charge in [-0.2, -0.15) is 0 Å². The van der Waals surface area contributed by atoms with Crippen molar-refractivity contribution in [3.63, 3.8) is 0 Å². The maximum absolute atomic E-state index is 12.6. The number of amides is 1. The van der Waals surface area contributed by atoms with E-state index in [0.717, 1.165) is 39.6 Å². The standard InChI is InChI=1S/C19H24N4O2/c1-11-10-25-12(2)18(11)23(7)16-9-14(19(24)21(4)5)8-15-17(16)20-13(3)22(15)6/h8-10H,1-7H3. The number of hydrogen-bond acceptors (Lipinski definition) is 4. The lowest BCUT2D eigenvalue weighted by molar-refractivity contribution is 0.0828. The van der Waals surface area contributed by atoms with Crippen molar-refractivity contribution in [3.8, 4) is 0 Å². The summed E-state index contributed by atoms with van der Waals surface area (Å²) in [6.45, 7) is 5.91. The van der Waals surface area contributed by atoms with Gasteiger partial charge in [-0.15, -0.1) is 0 Å². The molecule has 0 bridgehead atoms. The summed E-state index contributed by atoms with van der Waals surface area (Å²) < 4.78 is 7.56. The summed E-state index contributed by atoms with van der Waals surface area (Å²) in [6.07, 6.45) is 1.75. The first-order chi connectivity index (χ1) is 11.7. The lowest BCUT2D eigenvalue weighted by atomic mass is 10.1. The summed E-state index contributed by atoms with van der Waals surface area (Å²) in [5.74, 6) is 1.71. The van der Waals surface area contributed by atoms with E-state index in [1.807, 2.05) is 51.6 Å². The van der Waals surface area contributed by atoms with Crippen molar-refractivity contribution in [3.05, 3.63) is 41.1 Å². The zero-order valence-electron chi connectivity index (χ0n) is 15.8. The van der Waals surface area contributed by atoms with Crippen LogP contribution in [0.15, 0.2) is 22.8 Å². The molecular weight excluding hydrogens is 316 g/mol. The van der Waals surface area contributed by atoms with Crippen LogP contribution in [0.3, 0.4) is 0 Å². The molecular formula is C19H24N4O2. The van der Waals surface area contributed by atoms with E-state index in [0.29, 0.717) is 5.56 Å². The third kappa shape index (κ3) is 2.67. The molecule has 3 aromatic rings. The van der Waals surface area contributed by atoms with Crippen molar-refractivity contribution in [1.82, 2.24) is 14.5 Å². The van der Waals surface area contributed by atoms with Crippen molar-refractivity contribution in [2.45, 2.75) is 20.8 Å². The number of carbonyl (C=O) groups is 1. The number of carbonyl (C=O) groups excluding carboxylic acids is 1. The monoisotopic (exact) mass is 340 g/mol. The normalized spacial score (nSPS) is 11.2. The highest BCUT2D eigenvalue weighted by atomic mass is 16.3. The summed E-state index contributed by atoms with van der Waals surface area (Å²) >= 11 is 0. The third-order valence-corrected chi connectivity index (χ3v) is 4.66. The second-order valence-electron chi connectivity index (χ2n) is 6.66. The summed E-state index contributed by atoms with van der Waals surface area (Å²) in [5.41, 5.74) is 5.38. The Morgan fingerprint density at radius 1 is 1.16 bits per heavy atom. The van der Waals surface area contributed by atoms with E-state index in [-0.39, 0.29) is 5.91 Å². The number of aromatic nitrogens is 2. The minimum absolute atomic E-state index is 0.0314. The molecule has 0 spiro atoms. The lowest BCUT2D eigenvalue weighted by Gasteiger charge is -2.21. The molecule has 0 atom stereocenters. The number of fused-ring (bicyclic) bond motifs is 1. The lowest BCUT2D eigenvalue weighted by Crippen LogP contribution is -2.22. The van der Waals surface area contributed by atoms with Gasteiger partial charge in [0.1, 0.15) is 17.1 Å². The maximum atomic E-state index is 12.6. The van der Waals surface area contributed by atoms with Crippen molar-refractivity contribution in [1.29, 1.82) is 0 Å². The van der Waals surface area contributed by atoms with Gasteiger partial charge in [0.2, 0.25) is 0 Å².